The fourth-order valence-corrected chi connectivity index (χ4v) is 3.02. The lowest BCUT2D eigenvalue weighted by Gasteiger charge is -2.08. The molecule has 0 saturated heterocycles. The van der Waals surface area contributed by atoms with Crippen molar-refractivity contribution in [2.75, 3.05) is 0 Å². The van der Waals surface area contributed by atoms with Crippen LogP contribution in [0.2, 0.25) is 0 Å². The predicted molar refractivity (Wildman–Crippen MR) is 112 cm³/mol. The van der Waals surface area contributed by atoms with E-state index in [0.29, 0.717) is 10.8 Å². The summed E-state index contributed by atoms with van der Waals surface area (Å²) in [5.74, 6) is -0.0604. The van der Waals surface area contributed by atoms with E-state index in [0.717, 1.165) is 9.37 Å². The van der Waals surface area contributed by atoms with E-state index in [9.17, 15) is 15.0 Å². The number of nitrogens with zero attached hydrogens (tertiary/aromatic N) is 5. The molecule has 0 spiro atoms. The van der Waals surface area contributed by atoms with Gasteiger partial charge < -0.3 is 4.74 Å². The standard InChI is InChI=1S/C18H12BrN5O4S/c19-12-9-21-18(22-10-12)29-14-7-5-13(6-8-14)20-11-17(23-25)28-16-4-2-1-3-15(16)24(26)27/h1-11,17H. The van der Waals surface area contributed by atoms with Crippen molar-refractivity contribution in [1.82, 2.24) is 9.97 Å². The van der Waals surface area contributed by atoms with Crippen LogP contribution in [-0.2, 0) is 0 Å². The molecule has 1 atom stereocenters. The summed E-state index contributed by atoms with van der Waals surface area (Å²) in [7, 11) is 0. The van der Waals surface area contributed by atoms with Crippen molar-refractivity contribution in [3.8, 4) is 5.75 Å². The van der Waals surface area contributed by atoms with Gasteiger partial charge in [-0.05, 0) is 63.2 Å². The van der Waals surface area contributed by atoms with Crippen LogP contribution in [0.3, 0.4) is 0 Å². The van der Waals surface area contributed by atoms with E-state index >= 15 is 0 Å². The topological polar surface area (TPSA) is 120 Å². The minimum atomic E-state index is -1.30. The normalized spacial score (nSPS) is 11.9. The lowest BCUT2D eigenvalue weighted by molar-refractivity contribution is -0.386. The maximum absolute atomic E-state index is 11.0. The third-order valence-electron chi connectivity index (χ3n) is 3.41. The van der Waals surface area contributed by atoms with E-state index in [1.807, 2.05) is 12.1 Å². The summed E-state index contributed by atoms with van der Waals surface area (Å²) in [6, 6.07) is 12.9. The number of nitro groups is 1. The molecule has 1 heterocycles. The molecule has 11 heteroatoms. The Morgan fingerprint density at radius 2 is 1.83 bits per heavy atom. The number of hydrogen-bond donors (Lipinski definition) is 0. The molecule has 0 aliphatic carbocycles. The third kappa shape index (κ3) is 5.90. The first-order chi connectivity index (χ1) is 14.0. The van der Waals surface area contributed by atoms with Crippen LogP contribution < -0.4 is 4.74 Å². The molecule has 0 amide bonds. The number of aliphatic imine (C=N–C) groups is 1. The van der Waals surface area contributed by atoms with Gasteiger partial charge in [-0.1, -0.05) is 12.1 Å². The zero-order valence-electron chi connectivity index (χ0n) is 14.6. The maximum atomic E-state index is 11.0. The number of para-hydroxylation sites is 2. The average molecular weight is 474 g/mol. The first-order valence-electron chi connectivity index (χ1n) is 8.07. The molecule has 1 unspecified atom stereocenters. The highest BCUT2D eigenvalue weighted by Gasteiger charge is 2.17. The van der Waals surface area contributed by atoms with Crippen LogP contribution in [0.5, 0.6) is 5.75 Å². The lowest BCUT2D eigenvalue weighted by atomic mass is 10.3. The van der Waals surface area contributed by atoms with E-state index in [4.69, 9.17) is 4.74 Å². The Kier molecular flexibility index (Phi) is 6.98. The summed E-state index contributed by atoms with van der Waals surface area (Å²) in [6.07, 6.45) is 3.21. The second-order valence-electron chi connectivity index (χ2n) is 5.40. The van der Waals surface area contributed by atoms with Crippen molar-refractivity contribution in [2.45, 2.75) is 16.3 Å². The Bertz CT molecular complexity index is 1030. The number of hydrogen-bond acceptors (Lipinski definition) is 9. The van der Waals surface area contributed by atoms with Crippen molar-refractivity contribution < 1.29 is 9.66 Å². The van der Waals surface area contributed by atoms with Gasteiger partial charge in [0.25, 0.3) is 6.23 Å². The second kappa shape index (κ2) is 9.85. The minimum Gasteiger partial charge on any atom is -0.453 e. The van der Waals surface area contributed by atoms with Crippen molar-refractivity contribution in [1.29, 1.82) is 0 Å². The molecule has 0 N–H and O–H groups in total. The van der Waals surface area contributed by atoms with Gasteiger partial charge in [0.1, 0.15) is 0 Å². The molecule has 3 aromatic rings. The molecule has 29 heavy (non-hydrogen) atoms. The van der Waals surface area contributed by atoms with E-state index < -0.39 is 11.2 Å². The van der Waals surface area contributed by atoms with Crippen molar-refractivity contribution >= 4 is 45.3 Å². The molecule has 0 aliphatic heterocycles. The van der Waals surface area contributed by atoms with Crippen LogP contribution in [0.1, 0.15) is 0 Å². The molecule has 0 bridgehead atoms. The van der Waals surface area contributed by atoms with Gasteiger partial charge in [0.2, 0.25) is 0 Å². The molecule has 0 aliphatic rings. The molecule has 3 rings (SSSR count). The Labute approximate surface area is 177 Å². The Balaban J connectivity index is 1.66. The molecule has 9 nitrogen and oxygen atoms in total. The highest BCUT2D eigenvalue weighted by atomic mass is 79.9. The van der Waals surface area contributed by atoms with Crippen LogP contribution in [0.15, 0.2) is 85.6 Å². The molecule has 0 radical (unpaired) electrons. The van der Waals surface area contributed by atoms with Gasteiger partial charge in [-0.15, -0.1) is 4.91 Å². The second-order valence-corrected chi connectivity index (χ2v) is 7.35. The molecule has 0 fully saturated rings. The smallest absolute Gasteiger partial charge is 0.311 e. The quantitative estimate of drug-likeness (QED) is 0.145. The fraction of sp³-hybridized carbons (Fsp3) is 0.0556. The summed E-state index contributed by atoms with van der Waals surface area (Å²) in [6.45, 7) is 0. The number of rotatable bonds is 8. The van der Waals surface area contributed by atoms with Crippen LogP contribution >= 0.6 is 27.7 Å². The van der Waals surface area contributed by atoms with Gasteiger partial charge in [-0.25, -0.2) is 9.97 Å². The molecular formula is C18H12BrN5O4S. The SMILES string of the molecule is O=NC(C=Nc1ccc(Sc2ncc(Br)cn2)cc1)Oc1ccccc1[N+](=O)[O-]. The van der Waals surface area contributed by atoms with E-state index in [1.165, 1.54) is 36.2 Å². The lowest BCUT2D eigenvalue weighted by Crippen LogP contribution is -2.15. The van der Waals surface area contributed by atoms with Crippen molar-refractivity contribution in [3.63, 3.8) is 0 Å². The van der Waals surface area contributed by atoms with Gasteiger partial charge in [0.05, 0.1) is 21.3 Å². The van der Waals surface area contributed by atoms with Crippen LogP contribution in [0.4, 0.5) is 11.4 Å². The highest BCUT2D eigenvalue weighted by Crippen LogP contribution is 2.28. The first-order valence-corrected chi connectivity index (χ1v) is 9.68. The van der Waals surface area contributed by atoms with E-state index in [2.05, 4.69) is 36.1 Å². The molecule has 2 aromatic carbocycles. The highest BCUT2D eigenvalue weighted by molar-refractivity contribution is 9.10. The first kappa shape index (κ1) is 20.6. The number of halogens is 1. The zero-order chi connectivity index (χ0) is 20.6. The third-order valence-corrected chi connectivity index (χ3v) is 4.72. The van der Waals surface area contributed by atoms with E-state index in [-0.39, 0.29) is 11.4 Å². The predicted octanol–water partition coefficient (Wildman–Crippen LogP) is 5.17. The number of ether oxygens (including phenoxy) is 1. The Morgan fingerprint density at radius 3 is 2.48 bits per heavy atom. The van der Waals surface area contributed by atoms with Crippen LogP contribution in [0, 0.1) is 15.0 Å². The molecule has 0 saturated carbocycles. The summed E-state index contributed by atoms with van der Waals surface area (Å²) >= 11 is 4.67. The minimum absolute atomic E-state index is 0.0604. The van der Waals surface area contributed by atoms with Gasteiger partial charge in [0.15, 0.2) is 10.9 Å². The van der Waals surface area contributed by atoms with Crippen LogP contribution in [0.25, 0.3) is 0 Å². The van der Waals surface area contributed by atoms with Crippen molar-refractivity contribution in [3.05, 3.63) is 80.4 Å². The Hall–Kier alpha value is -3.18. The number of nitro benzene ring substituents is 1. The monoisotopic (exact) mass is 473 g/mol. The number of nitroso groups, excluding NO2 is 1. The van der Waals surface area contributed by atoms with Gasteiger partial charge >= 0.3 is 5.69 Å². The zero-order valence-corrected chi connectivity index (χ0v) is 17.0. The largest absolute Gasteiger partial charge is 0.453 e. The Morgan fingerprint density at radius 1 is 1.14 bits per heavy atom. The number of benzene rings is 2. The molecule has 1 aromatic heterocycles. The van der Waals surface area contributed by atoms with Gasteiger partial charge in [0, 0.05) is 23.4 Å². The van der Waals surface area contributed by atoms with Crippen LogP contribution in [-0.4, -0.2) is 27.3 Å². The average Bonchev–Trinajstić information content (AvgIpc) is 2.74. The summed E-state index contributed by atoms with van der Waals surface area (Å²) in [5, 5.41) is 14.4. The summed E-state index contributed by atoms with van der Waals surface area (Å²) < 4.78 is 6.09. The number of aromatic nitrogens is 2. The van der Waals surface area contributed by atoms with Crippen molar-refractivity contribution in [2.24, 2.45) is 10.2 Å². The van der Waals surface area contributed by atoms with Gasteiger partial charge in [-0.3, -0.25) is 15.1 Å². The summed E-state index contributed by atoms with van der Waals surface area (Å²) in [5.41, 5.74) is 0.303. The fourth-order valence-electron chi connectivity index (χ4n) is 2.13. The summed E-state index contributed by atoms with van der Waals surface area (Å²) in [4.78, 5) is 34.9. The molecule has 146 valence electrons. The van der Waals surface area contributed by atoms with E-state index in [1.54, 1.807) is 30.6 Å². The maximum Gasteiger partial charge on any atom is 0.311 e. The molecular weight excluding hydrogens is 462 g/mol. The van der Waals surface area contributed by atoms with Gasteiger partial charge in [-0.2, -0.15) is 0 Å².